The van der Waals surface area contributed by atoms with Crippen molar-refractivity contribution in [2.75, 3.05) is 11.1 Å². The molecule has 2 aromatic rings. The first-order chi connectivity index (χ1) is 8.69. The van der Waals surface area contributed by atoms with Crippen molar-refractivity contribution in [3.8, 4) is 0 Å². The maximum Gasteiger partial charge on any atom is 0.151 e. The summed E-state index contributed by atoms with van der Waals surface area (Å²) < 4.78 is 0. The highest BCUT2D eigenvalue weighted by Gasteiger charge is 2.01. The Morgan fingerprint density at radius 2 is 1.78 bits per heavy atom. The lowest BCUT2D eigenvalue weighted by Gasteiger charge is -2.09. The summed E-state index contributed by atoms with van der Waals surface area (Å²) in [4.78, 5) is 4.11. The van der Waals surface area contributed by atoms with Gasteiger partial charge < -0.3 is 16.2 Å². The molecule has 1 heterocycles. The standard InChI is InChI=1S/C13H14ClN3O/c14-12-6-5-11(15)13(17-12)16-7-9-1-3-10(8-18)4-2-9/h1-6,18H,7-8,15H2,(H,16,17). The first kappa shape index (κ1) is 12.7. The molecule has 94 valence electrons. The number of nitrogens with one attached hydrogen (secondary N) is 1. The van der Waals surface area contributed by atoms with E-state index in [4.69, 9.17) is 22.4 Å². The van der Waals surface area contributed by atoms with Crippen LogP contribution in [0.2, 0.25) is 5.15 Å². The van der Waals surface area contributed by atoms with Gasteiger partial charge in [-0.15, -0.1) is 0 Å². The molecule has 0 unspecified atom stereocenters. The molecule has 0 saturated carbocycles. The van der Waals surface area contributed by atoms with Crippen LogP contribution in [0.5, 0.6) is 0 Å². The van der Waals surface area contributed by atoms with Gasteiger partial charge in [0.15, 0.2) is 5.82 Å². The number of halogens is 1. The van der Waals surface area contributed by atoms with Crippen LogP contribution in [0.3, 0.4) is 0 Å². The van der Waals surface area contributed by atoms with Gasteiger partial charge in [0.25, 0.3) is 0 Å². The molecule has 1 aromatic carbocycles. The fourth-order valence-corrected chi connectivity index (χ4v) is 1.68. The van der Waals surface area contributed by atoms with Gasteiger partial charge in [-0.2, -0.15) is 0 Å². The summed E-state index contributed by atoms with van der Waals surface area (Å²) in [5.41, 5.74) is 8.31. The minimum Gasteiger partial charge on any atom is -0.396 e. The molecule has 0 fully saturated rings. The zero-order valence-corrected chi connectivity index (χ0v) is 10.5. The molecule has 0 spiro atoms. The van der Waals surface area contributed by atoms with E-state index in [0.29, 0.717) is 23.2 Å². The number of rotatable bonds is 4. The van der Waals surface area contributed by atoms with Crippen LogP contribution in [0, 0.1) is 0 Å². The van der Waals surface area contributed by atoms with E-state index < -0.39 is 0 Å². The largest absolute Gasteiger partial charge is 0.396 e. The second kappa shape index (κ2) is 5.71. The van der Waals surface area contributed by atoms with Gasteiger partial charge in [0.1, 0.15) is 5.15 Å². The van der Waals surface area contributed by atoms with Crippen molar-refractivity contribution in [2.45, 2.75) is 13.2 Å². The van der Waals surface area contributed by atoms with Crippen molar-refractivity contribution >= 4 is 23.1 Å². The molecule has 0 saturated heterocycles. The fourth-order valence-electron chi connectivity index (χ4n) is 1.54. The van der Waals surface area contributed by atoms with Crippen molar-refractivity contribution < 1.29 is 5.11 Å². The van der Waals surface area contributed by atoms with E-state index in [1.807, 2.05) is 24.3 Å². The van der Waals surface area contributed by atoms with E-state index in [2.05, 4.69) is 10.3 Å². The Balaban J connectivity index is 2.04. The number of aliphatic hydroxyl groups is 1. The van der Waals surface area contributed by atoms with E-state index in [1.54, 1.807) is 12.1 Å². The van der Waals surface area contributed by atoms with Crippen molar-refractivity contribution in [1.82, 2.24) is 4.98 Å². The van der Waals surface area contributed by atoms with E-state index in [1.165, 1.54) is 0 Å². The van der Waals surface area contributed by atoms with Gasteiger partial charge in [-0.25, -0.2) is 4.98 Å². The summed E-state index contributed by atoms with van der Waals surface area (Å²) in [5.74, 6) is 0.578. The Labute approximate surface area is 110 Å². The predicted octanol–water partition coefficient (Wildman–Crippen LogP) is 2.42. The van der Waals surface area contributed by atoms with Crippen molar-refractivity contribution in [1.29, 1.82) is 0 Å². The average Bonchev–Trinajstić information content (AvgIpc) is 2.40. The third kappa shape index (κ3) is 3.12. The van der Waals surface area contributed by atoms with Crippen LogP contribution in [0.4, 0.5) is 11.5 Å². The molecule has 0 aliphatic carbocycles. The second-order valence-electron chi connectivity index (χ2n) is 3.90. The average molecular weight is 264 g/mol. The molecule has 0 aliphatic heterocycles. The Bertz CT molecular complexity index is 528. The summed E-state index contributed by atoms with van der Waals surface area (Å²) in [6.07, 6.45) is 0. The van der Waals surface area contributed by atoms with Crippen LogP contribution >= 0.6 is 11.6 Å². The highest BCUT2D eigenvalue weighted by Crippen LogP contribution is 2.19. The molecule has 4 N–H and O–H groups in total. The smallest absolute Gasteiger partial charge is 0.151 e. The predicted molar refractivity (Wildman–Crippen MR) is 73.4 cm³/mol. The van der Waals surface area contributed by atoms with Gasteiger partial charge in [-0.1, -0.05) is 35.9 Å². The Morgan fingerprint density at radius 3 is 2.44 bits per heavy atom. The van der Waals surface area contributed by atoms with Crippen LogP contribution in [0.15, 0.2) is 36.4 Å². The minimum atomic E-state index is 0.0521. The van der Waals surface area contributed by atoms with Gasteiger partial charge in [-0.05, 0) is 23.3 Å². The SMILES string of the molecule is Nc1ccc(Cl)nc1NCc1ccc(CO)cc1. The van der Waals surface area contributed by atoms with Crippen LogP contribution in [-0.2, 0) is 13.2 Å². The van der Waals surface area contributed by atoms with Crippen LogP contribution < -0.4 is 11.1 Å². The minimum absolute atomic E-state index is 0.0521. The molecule has 0 radical (unpaired) electrons. The first-order valence-corrected chi connectivity index (χ1v) is 5.91. The monoisotopic (exact) mass is 263 g/mol. The first-order valence-electron chi connectivity index (χ1n) is 5.53. The topological polar surface area (TPSA) is 71.2 Å². The molecule has 0 amide bonds. The lowest BCUT2D eigenvalue weighted by molar-refractivity contribution is 0.282. The van der Waals surface area contributed by atoms with Crippen molar-refractivity contribution in [3.05, 3.63) is 52.7 Å². The maximum absolute atomic E-state index is 8.95. The normalized spacial score (nSPS) is 10.3. The summed E-state index contributed by atoms with van der Waals surface area (Å²) in [6, 6.07) is 11.0. The quantitative estimate of drug-likeness (QED) is 0.741. The molecular weight excluding hydrogens is 250 g/mol. The van der Waals surface area contributed by atoms with E-state index in [-0.39, 0.29) is 6.61 Å². The number of aliphatic hydroxyl groups excluding tert-OH is 1. The summed E-state index contributed by atoms with van der Waals surface area (Å²) in [7, 11) is 0. The maximum atomic E-state index is 8.95. The second-order valence-corrected chi connectivity index (χ2v) is 4.29. The van der Waals surface area contributed by atoms with E-state index in [9.17, 15) is 0 Å². The molecule has 18 heavy (non-hydrogen) atoms. The van der Waals surface area contributed by atoms with Crippen LogP contribution in [0.25, 0.3) is 0 Å². The molecule has 0 bridgehead atoms. The molecular formula is C13H14ClN3O. The number of hydrogen-bond acceptors (Lipinski definition) is 4. The van der Waals surface area contributed by atoms with E-state index in [0.717, 1.165) is 11.1 Å². The number of nitrogens with zero attached hydrogens (tertiary/aromatic N) is 1. The number of nitrogen functional groups attached to an aromatic ring is 1. The Kier molecular flexibility index (Phi) is 4.02. The number of pyridine rings is 1. The molecule has 0 aliphatic rings. The van der Waals surface area contributed by atoms with Gasteiger partial charge >= 0.3 is 0 Å². The molecule has 5 heteroatoms. The Morgan fingerprint density at radius 1 is 1.11 bits per heavy atom. The molecule has 2 rings (SSSR count). The molecule has 1 aromatic heterocycles. The number of hydrogen-bond donors (Lipinski definition) is 3. The van der Waals surface area contributed by atoms with E-state index >= 15 is 0 Å². The van der Waals surface area contributed by atoms with Gasteiger partial charge in [0.2, 0.25) is 0 Å². The summed E-state index contributed by atoms with van der Waals surface area (Å²) in [6.45, 7) is 0.653. The number of nitrogens with two attached hydrogens (primary N) is 1. The fraction of sp³-hybridized carbons (Fsp3) is 0.154. The molecule has 0 atom stereocenters. The lowest BCUT2D eigenvalue weighted by Crippen LogP contribution is -2.04. The highest BCUT2D eigenvalue weighted by molar-refractivity contribution is 6.29. The van der Waals surface area contributed by atoms with Crippen LogP contribution in [0.1, 0.15) is 11.1 Å². The van der Waals surface area contributed by atoms with Crippen molar-refractivity contribution in [2.24, 2.45) is 0 Å². The van der Waals surface area contributed by atoms with Gasteiger partial charge in [-0.3, -0.25) is 0 Å². The van der Waals surface area contributed by atoms with Gasteiger partial charge in [0, 0.05) is 6.54 Å². The molecule has 4 nitrogen and oxygen atoms in total. The lowest BCUT2D eigenvalue weighted by atomic mass is 10.1. The van der Waals surface area contributed by atoms with Gasteiger partial charge in [0.05, 0.1) is 12.3 Å². The zero-order valence-electron chi connectivity index (χ0n) is 9.73. The van der Waals surface area contributed by atoms with Crippen molar-refractivity contribution in [3.63, 3.8) is 0 Å². The Hall–Kier alpha value is -1.78. The number of aromatic nitrogens is 1. The number of benzene rings is 1. The zero-order chi connectivity index (χ0) is 13.0. The third-order valence-electron chi connectivity index (χ3n) is 2.56. The summed E-state index contributed by atoms with van der Waals surface area (Å²) >= 11 is 5.80. The van der Waals surface area contributed by atoms with Crippen LogP contribution in [-0.4, -0.2) is 10.1 Å². The number of anilines is 2. The summed E-state index contributed by atoms with van der Waals surface area (Å²) in [5, 5.41) is 12.5. The third-order valence-corrected chi connectivity index (χ3v) is 2.77. The highest BCUT2D eigenvalue weighted by atomic mass is 35.5.